The van der Waals surface area contributed by atoms with Crippen LogP contribution < -0.4 is 4.98 Å². The third-order valence-electron chi connectivity index (χ3n) is 11.9. The van der Waals surface area contributed by atoms with Crippen molar-refractivity contribution in [2.45, 2.75) is 25.4 Å². The van der Waals surface area contributed by atoms with Gasteiger partial charge in [0.1, 0.15) is 11.6 Å². The quantitative estimate of drug-likeness (QED) is 0.156. The Hall–Kier alpha value is -6.76. The molecule has 0 radical (unpaired) electrons. The molecule has 5 nitrogen and oxygen atoms in total. The van der Waals surface area contributed by atoms with Crippen LogP contribution in [0.4, 0.5) is 13.2 Å². The normalized spacial score (nSPS) is 12.2. The van der Waals surface area contributed by atoms with Crippen LogP contribution in [0.1, 0.15) is 30.5 Å². The molecule has 11 rings (SSSR count). The number of nitrogens with zero attached hydrogens (tertiary/aromatic N) is 5. The van der Waals surface area contributed by atoms with Crippen LogP contribution in [0.15, 0.2) is 170 Å². The molecule has 9 heteroatoms. The second kappa shape index (κ2) is 14.5. The number of hydrogen-bond donors (Lipinski definition) is 0. The van der Waals surface area contributed by atoms with E-state index in [1.54, 1.807) is 4.57 Å². The van der Waals surface area contributed by atoms with Crippen LogP contribution in [0.2, 0.25) is 0 Å². The Morgan fingerprint density at radius 3 is 2.07 bits per heavy atom. The first-order valence-corrected chi connectivity index (χ1v) is 19.8. The van der Waals surface area contributed by atoms with E-state index in [0.29, 0.717) is 5.52 Å². The number of pyridine rings is 1. The van der Waals surface area contributed by atoms with Gasteiger partial charge in [-0.25, -0.2) is 9.97 Å². The molecule has 0 aliphatic carbocycles. The van der Waals surface area contributed by atoms with E-state index in [4.69, 9.17) is 9.97 Å². The predicted molar refractivity (Wildman–Crippen MR) is 235 cm³/mol. The number of fused-ring (bicyclic) bond motifs is 7. The number of alkyl halides is 3. The fraction of sp³-hybridized carbons (Fsp3) is 0.0769. The van der Waals surface area contributed by atoms with Crippen molar-refractivity contribution in [3.8, 4) is 34.0 Å². The Morgan fingerprint density at radius 1 is 0.574 bits per heavy atom. The van der Waals surface area contributed by atoms with Crippen molar-refractivity contribution < 1.29 is 34.2 Å². The Morgan fingerprint density at radius 2 is 1.28 bits per heavy atom. The maximum Gasteiger partial charge on any atom is 2.00 e. The summed E-state index contributed by atoms with van der Waals surface area (Å²) in [6.07, 6.45) is -3.32. The molecular formula is C52H34F3N5Pt. The van der Waals surface area contributed by atoms with E-state index in [1.807, 2.05) is 78.9 Å². The van der Waals surface area contributed by atoms with Crippen LogP contribution in [0, 0.1) is 6.07 Å². The number of aromatic nitrogens is 5. The summed E-state index contributed by atoms with van der Waals surface area (Å²) in [5.41, 5.74) is 9.41. The molecule has 4 aromatic heterocycles. The van der Waals surface area contributed by atoms with Crippen LogP contribution in [0.5, 0.6) is 0 Å². The van der Waals surface area contributed by atoms with Crippen LogP contribution >= 0.6 is 0 Å². The Labute approximate surface area is 363 Å². The standard InChI is InChI=1S/C52H34F3N5.Pt/c1-51(2,33-14-5-3-6-15-33)35-29-41-38-18-9-11-21-43(38)57-48(41)42(30-35)50-58-49-37(20-13-23-45(49)59(50)36-16-7-4-8-17-36)32-24-25-40-39-19-10-12-22-44(39)60(46(40)28-32)47-31-34(26-27-56-47)52(53,54)55;/h3-27,29-31H,1-2H3;/q-2;+2. The summed E-state index contributed by atoms with van der Waals surface area (Å²) in [6, 6.07) is 57.1. The summed E-state index contributed by atoms with van der Waals surface area (Å²) in [6.45, 7) is 4.51. The maximum atomic E-state index is 14.0. The monoisotopic (exact) mass is 980 g/mol. The molecule has 0 saturated heterocycles. The van der Waals surface area contributed by atoms with Gasteiger partial charge in [0.05, 0.1) is 16.6 Å². The average Bonchev–Trinajstić information content (AvgIpc) is 3.96. The van der Waals surface area contributed by atoms with Gasteiger partial charge in [-0.2, -0.15) is 13.2 Å². The SMILES string of the molecule is CC(C)(c1ccccc1)c1cc(-c2nc3c(-c4[c-]c5c(cc4)c4ccccc4n5-c4cc(C(F)(F)F)ccn4)cccc3n2-c2ccccc2)c2[n-]c3ccccc3c2c1.[Pt+2]. The number of benzene rings is 7. The minimum atomic E-state index is -4.52. The van der Waals surface area contributed by atoms with Crippen molar-refractivity contribution in [1.29, 1.82) is 0 Å². The Balaban J connectivity index is 0.00000445. The van der Waals surface area contributed by atoms with E-state index in [1.165, 1.54) is 11.8 Å². The van der Waals surface area contributed by atoms with Gasteiger partial charge in [0.15, 0.2) is 0 Å². The molecule has 0 amide bonds. The number of imidazole rings is 1. The van der Waals surface area contributed by atoms with Gasteiger partial charge in [-0.05, 0) is 75.3 Å². The zero-order chi connectivity index (χ0) is 40.8. The number of hydrogen-bond acceptors (Lipinski definition) is 2. The number of para-hydroxylation sites is 4. The summed E-state index contributed by atoms with van der Waals surface area (Å²) >= 11 is 0. The molecule has 0 aliphatic rings. The zero-order valence-electron chi connectivity index (χ0n) is 32.9. The van der Waals surface area contributed by atoms with Crippen molar-refractivity contribution >= 4 is 54.6 Å². The third-order valence-corrected chi connectivity index (χ3v) is 11.9. The fourth-order valence-corrected chi connectivity index (χ4v) is 8.77. The summed E-state index contributed by atoms with van der Waals surface area (Å²) < 4.78 is 45.9. The van der Waals surface area contributed by atoms with Gasteiger partial charge >= 0.3 is 27.2 Å². The van der Waals surface area contributed by atoms with Crippen LogP contribution in [-0.4, -0.2) is 19.1 Å². The van der Waals surface area contributed by atoms with Gasteiger partial charge in [0.25, 0.3) is 0 Å². The van der Waals surface area contributed by atoms with E-state index in [9.17, 15) is 13.2 Å². The van der Waals surface area contributed by atoms with E-state index in [2.05, 4.69) is 102 Å². The third kappa shape index (κ3) is 6.19. The first-order valence-electron chi connectivity index (χ1n) is 19.8. The Bertz CT molecular complexity index is 3450. The van der Waals surface area contributed by atoms with Crippen molar-refractivity contribution in [3.05, 3.63) is 193 Å². The van der Waals surface area contributed by atoms with Crippen LogP contribution in [0.25, 0.3) is 88.7 Å². The largest absolute Gasteiger partial charge is 2.00 e. The molecule has 0 spiro atoms. The van der Waals surface area contributed by atoms with Gasteiger partial charge in [0.2, 0.25) is 0 Å². The van der Waals surface area contributed by atoms with E-state index in [-0.39, 0.29) is 32.3 Å². The van der Waals surface area contributed by atoms with Crippen LogP contribution in [-0.2, 0) is 32.7 Å². The molecule has 298 valence electrons. The zero-order valence-corrected chi connectivity index (χ0v) is 35.1. The minimum absolute atomic E-state index is 0. The first-order chi connectivity index (χ1) is 29.1. The van der Waals surface area contributed by atoms with Crippen molar-refractivity contribution in [1.82, 2.24) is 24.1 Å². The molecule has 0 fully saturated rings. The average molecular weight is 981 g/mol. The van der Waals surface area contributed by atoms with Gasteiger partial charge < -0.3 is 9.55 Å². The molecule has 4 heterocycles. The summed E-state index contributed by atoms with van der Waals surface area (Å²) in [5, 5.41) is 3.88. The molecule has 0 bridgehead atoms. The van der Waals surface area contributed by atoms with Crippen molar-refractivity contribution in [2.24, 2.45) is 0 Å². The van der Waals surface area contributed by atoms with Gasteiger partial charge in [-0.15, -0.1) is 34.8 Å². The van der Waals surface area contributed by atoms with Gasteiger partial charge in [0, 0.05) is 28.4 Å². The summed E-state index contributed by atoms with van der Waals surface area (Å²) in [7, 11) is 0. The molecule has 0 aliphatic heterocycles. The molecular weight excluding hydrogens is 947 g/mol. The molecule has 11 aromatic rings. The van der Waals surface area contributed by atoms with E-state index < -0.39 is 11.7 Å². The molecule has 0 saturated carbocycles. The van der Waals surface area contributed by atoms with Gasteiger partial charge in [-0.1, -0.05) is 134 Å². The van der Waals surface area contributed by atoms with Crippen molar-refractivity contribution in [2.75, 3.05) is 0 Å². The molecule has 61 heavy (non-hydrogen) atoms. The molecule has 0 atom stereocenters. The second-order valence-corrected chi connectivity index (χ2v) is 15.7. The fourth-order valence-electron chi connectivity index (χ4n) is 8.77. The molecule has 7 aromatic carbocycles. The number of halogens is 3. The maximum absolute atomic E-state index is 14.0. The predicted octanol–water partition coefficient (Wildman–Crippen LogP) is 13.3. The minimum Gasteiger partial charge on any atom is -0.656 e. The summed E-state index contributed by atoms with van der Waals surface area (Å²) in [5.74, 6) is 0.903. The van der Waals surface area contributed by atoms with E-state index in [0.717, 1.165) is 95.0 Å². The molecule has 0 N–H and O–H groups in total. The number of rotatable bonds is 6. The topological polar surface area (TPSA) is 49.7 Å². The van der Waals surface area contributed by atoms with Gasteiger partial charge in [-0.3, -0.25) is 4.57 Å². The smallest absolute Gasteiger partial charge is 0.656 e. The first kappa shape index (κ1) is 38.4. The van der Waals surface area contributed by atoms with E-state index >= 15 is 0 Å². The van der Waals surface area contributed by atoms with Crippen LogP contribution in [0.3, 0.4) is 0 Å². The second-order valence-electron chi connectivity index (χ2n) is 15.7. The molecule has 0 unspecified atom stereocenters. The van der Waals surface area contributed by atoms with Crippen molar-refractivity contribution in [3.63, 3.8) is 0 Å². The Kier molecular flexibility index (Phi) is 9.11. The summed E-state index contributed by atoms with van der Waals surface area (Å²) in [4.78, 5) is 15.2.